The van der Waals surface area contributed by atoms with Gasteiger partial charge in [0.15, 0.2) is 6.29 Å². The van der Waals surface area contributed by atoms with E-state index in [2.05, 4.69) is 10.4 Å². The standard InChI is InChI=1S/C13H17N3O2/c1-17-13(18-2)12(16-14)11-5-3-4-9-8-15-7-6-10(9)11/h3-8,12-13,16H,14H2,1-2H3. The van der Waals surface area contributed by atoms with E-state index in [4.69, 9.17) is 15.3 Å². The van der Waals surface area contributed by atoms with Crippen molar-refractivity contribution in [2.45, 2.75) is 12.3 Å². The van der Waals surface area contributed by atoms with Gasteiger partial charge in [-0.3, -0.25) is 10.8 Å². The fourth-order valence-electron chi connectivity index (χ4n) is 2.10. The zero-order chi connectivity index (χ0) is 13.0. The number of benzene rings is 1. The van der Waals surface area contributed by atoms with Crippen LogP contribution in [-0.2, 0) is 9.47 Å². The number of pyridine rings is 1. The number of hydrogen-bond donors (Lipinski definition) is 2. The number of aromatic nitrogens is 1. The molecule has 5 heteroatoms. The van der Waals surface area contributed by atoms with E-state index < -0.39 is 6.29 Å². The van der Waals surface area contributed by atoms with Crippen LogP contribution in [0.5, 0.6) is 0 Å². The van der Waals surface area contributed by atoms with Crippen LogP contribution in [0.2, 0.25) is 0 Å². The molecule has 0 aliphatic rings. The van der Waals surface area contributed by atoms with E-state index in [1.165, 1.54) is 0 Å². The molecule has 0 aliphatic carbocycles. The Hall–Kier alpha value is -1.53. The molecule has 0 spiro atoms. The molecule has 1 atom stereocenters. The van der Waals surface area contributed by atoms with Crippen molar-refractivity contribution in [3.05, 3.63) is 42.2 Å². The Bertz CT molecular complexity index is 509. The molecule has 2 aromatic rings. The summed E-state index contributed by atoms with van der Waals surface area (Å²) in [6, 6.07) is 7.68. The SMILES string of the molecule is COC(OC)C(NN)c1cccc2cnccc12. The monoisotopic (exact) mass is 247 g/mol. The summed E-state index contributed by atoms with van der Waals surface area (Å²) in [6.45, 7) is 0. The molecule has 5 nitrogen and oxygen atoms in total. The van der Waals surface area contributed by atoms with Crippen molar-refractivity contribution < 1.29 is 9.47 Å². The first kappa shape index (κ1) is 12.9. The Morgan fingerprint density at radius 2 is 2.00 bits per heavy atom. The first-order chi connectivity index (χ1) is 8.81. The smallest absolute Gasteiger partial charge is 0.177 e. The van der Waals surface area contributed by atoms with Gasteiger partial charge in [-0.1, -0.05) is 18.2 Å². The average molecular weight is 247 g/mol. The van der Waals surface area contributed by atoms with Crippen LogP contribution in [-0.4, -0.2) is 25.5 Å². The molecule has 0 saturated carbocycles. The molecule has 18 heavy (non-hydrogen) atoms. The molecule has 0 saturated heterocycles. The van der Waals surface area contributed by atoms with Crippen molar-refractivity contribution in [2.75, 3.05) is 14.2 Å². The van der Waals surface area contributed by atoms with E-state index in [0.717, 1.165) is 16.3 Å². The van der Waals surface area contributed by atoms with Crippen molar-refractivity contribution in [2.24, 2.45) is 5.84 Å². The summed E-state index contributed by atoms with van der Waals surface area (Å²) in [5.74, 6) is 5.62. The molecular weight excluding hydrogens is 230 g/mol. The minimum absolute atomic E-state index is 0.244. The van der Waals surface area contributed by atoms with Gasteiger partial charge >= 0.3 is 0 Å². The third-order valence-corrected chi connectivity index (χ3v) is 2.97. The lowest BCUT2D eigenvalue weighted by Crippen LogP contribution is -2.38. The van der Waals surface area contributed by atoms with Crippen molar-refractivity contribution in [3.63, 3.8) is 0 Å². The maximum atomic E-state index is 5.62. The van der Waals surface area contributed by atoms with Crippen LogP contribution in [0.3, 0.4) is 0 Å². The minimum Gasteiger partial charge on any atom is -0.354 e. The average Bonchev–Trinajstić information content (AvgIpc) is 2.44. The second-order valence-corrected chi connectivity index (χ2v) is 3.93. The van der Waals surface area contributed by atoms with Gasteiger partial charge in [-0.05, 0) is 17.0 Å². The summed E-state index contributed by atoms with van der Waals surface area (Å²) in [4.78, 5) is 4.11. The molecule has 1 aromatic carbocycles. The molecule has 1 unspecified atom stereocenters. The van der Waals surface area contributed by atoms with E-state index in [0.29, 0.717) is 0 Å². The van der Waals surface area contributed by atoms with E-state index in [9.17, 15) is 0 Å². The van der Waals surface area contributed by atoms with Crippen LogP contribution < -0.4 is 11.3 Å². The summed E-state index contributed by atoms with van der Waals surface area (Å²) in [6.07, 6.45) is 3.13. The predicted octanol–water partition coefficient (Wildman–Crippen LogP) is 1.36. The van der Waals surface area contributed by atoms with Gasteiger partial charge in [0.2, 0.25) is 0 Å². The highest BCUT2D eigenvalue weighted by Gasteiger charge is 2.23. The molecule has 0 aliphatic heterocycles. The fraction of sp³-hybridized carbons (Fsp3) is 0.308. The molecule has 96 valence electrons. The molecule has 0 amide bonds. The highest BCUT2D eigenvalue weighted by Crippen LogP contribution is 2.26. The maximum Gasteiger partial charge on any atom is 0.177 e. The zero-order valence-corrected chi connectivity index (χ0v) is 10.5. The van der Waals surface area contributed by atoms with E-state index in [1.54, 1.807) is 20.4 Å². The lowest BCUT2D eigenvalue weighted by atomic mass is 10.00. The minimum atomic E-state index is -0.450. The lowest BCUT2D eigenvalue weighted by Gasteiger charge is -2.25. The third kappa shape index (κ3) is 2.34. The maximum absolute atomic E-state index is 5.62. The van der Waals surface area contributed by atoms with E-state index >= 15 is 0 Å². The highest BCUT2D eigenvalue weighted by atomic mass is 16.7. The second-order valence-electron chi connectivity index (χ2n) is 3.93. The number of nitrogens with two attached hydrogens (primary N) is 1. The number of fused-ring (bicyclic) bond motifs is 1. The summed E-state index contributed by atoms with van der Waals surface area (Å²) in [5, 5.41) is 2.13. The Balaban J connectivity index is 2.51. The van der Waals surface area contributed by atoms with Crippen LogP contribution >= 0.6 is 0 Å². The normalized spacial score (nSPS) is 13.1. The zero-order valence-electron chi connectivity index (χ0n) is 10.5. The summed E-state index contributed by atoms with van der Waals surface area (Å²) in [7, 11) is 3.18. The topological polar surface area (TPSA) is 69.4 Å². The number of nitrogens with one attached hydrogen (secondary N) is 1. The summed E-state index contributed by atoms with van der Waals surface area (Å²) >= 11 is 0. The number of methoxy groups -OCH3 is 2. The molecule has 1 aromatic heterocycles. The first-order valence-corrected chi connectivity index (χ1v) is 5.66. The number of nitrogens with zero attached hydrogens (tertiary/aromatic N) is 1. The van der Waals surface area contributed by atoms with Crippen molar-refractivity contribution in [1.29, 1.82) is 0 Å². The number of hydrazine groups is 1. The highest BCUT2D eigenvalue weighted by molar-refractivity contribution is 5.85. The van der Waals surface area contributed by atoms with Gasteiger partial charge in [-0.2, -0.15) is 0 Å². The van der Waals surface area contributed by atoms with Crippen LogP contribution in [0, 0.1) is 0 Å². The van der Waals surface area contributed by atoms with Gasteiger partial charge in [-0.25, -0.2) is 5.43 Å². The van der Waals surface area contributed by atoms with Crippen molar-refractivity contribution in [3.8, 4) is 0 Å². The molecule has 2 rings (SSSR count). The Morgan fingerprint density at radius 3 is 2.67 bits per heavy atom. The Morgan fingerprint density at radius 1 is 1.22 bits per heavy atom. The molecule has 1 heterocycles. The second kappa shape index (κ2) is 5.88. The number of ether oxygens (including phenoxy) is 2. The van der Waals surface area contributed by atoms with Gasteiger partial charge in [0, 0.05) is 32.0 Å². The van der Waals surface area contributed by atoms with E-state index in [-0.39, 0.29) is 6.04 Å². The quantitative estimate of drug-likeness (QED) is 0.474. The summed E-state index contributed by atoms with van der Waals surface area (Å²) in [5.41, 5.74) is 3.76. The molecule has 0 fully saturated rings. The number of hydrogen-bond acceptors (Lipinski definition) is 5. The van der Waals surface area contributed by atoms with Gasteiger partial charge in [0.25, 0.3) is 0 Å². The molecule has 0 bridgehead atoms. The van der Waals surface area contributed by atoms with Gasteiger partial charge < -0.3 is 9.47 Å². The fourth-order valence-corrected chi connectivity index (χ4v) is 2.10. The van der Waals surface area contributed by atoms with Crippen LogP contribution in [0.15, 0.2) is 36.7 Å². The van der Waals surface area contributed by atoms with Crippen LogP contribution in [0.4, 0.5) is 0 Å². The largest absolute Gasteiger partial charge is 0.354 e. The van der Waals surface area contributed by atoms with E-state index in [1.807, 2.05) is 30.5 Å². The predicted molar refractivity (Wildman–Crippen MR) is 69.6 cm³/mol. The van der Waals surface area contributed by atoms with Crippen molar-refractivity contribution in [1.82, 2.24) is 10.4 Å². The molecular formula is C13H17N3O2. The number of rotatable bonds is 5. The van der Waals surface area contributed by atoms with Crippen LogP contribution in [0.25, 0.3) is 10.8 Å². The third-order valence-electron chi connectivity index (χ3n) is 2.97. The van der Waals surface area contributed by atoms with Gasteiger partial charge in [0.1, 0.15) is 0 Å². The lowest BCUT2D eigenvalue weighted by molar-refractivity contribution is -0.124. The van der Waals surface area contributed by atoms with Crippen LogP contribution in [0.1, 0.15) is 11.6 Å². The van der Waals surface area contributed by atoms with Crippen molar-refractivity contribution >= 4 is 10.8 Å². The van der Waals surface area contributed by atoms with Gasteiger partial charge in [-0.15, -0.1) is 0 Å². The Labute approximate surface area is 106 Å². The summed E-state index contributed by atoms with van der Waals surface area (Å²) < 4.78 is 10.6. The Kier molecular flexibility index (Phi) is 4.22. The van der Waals surface area contributed by atoms with Gasteiger partial charge in [0.05, 0.1) is 6.04 Å². The molecule has 0 radical (unpaired) electrons. The first-order valence-electron chi connectivity index (χ1n) is 5.66. The molecule has 3 N–H and O–H groups in total.